The normalized spacial score (nSPS) is 15.8. The first-order valence-electron chi connectivity index (χ1n) is 7.46. The second-order valence-corrected chi connectivity index (χ2v) is 5.16. The first-order valence-corrected chi connectivity index (χ1v) is 7.46. The Kier molecular flexibility index (Phi) is 4.81. The van der Waals surface area contributed by atoms with Gasteiger partial charge in [0.15, 0.2) is 0 Å². The average molecular weight is 304 g/mol. The van der Waals surface area contributed by atoms with Crippen molar-refractivity contribution in [2.24, 2.45) is 0 Å². The van der Waals surface area contributed by atoms with E-state index in [2.05, 4.69) is 30.4 Å². The number of anilines is 1. The second kappa shape index (κ2) is 7.19. The van der Waals surface area contributed by atoms with Gasteiger partial charge in [-0.3, -0.25) is 14.8 Å². The van der Waals surface area contributed by atoms with Gasteiger partial charge in [0.1, 0.15) is 0 Å². The maximum Gasteiger partial charge on any atom is 0.273 e. The molecule has 2 aromatic rings. The van der Waals surface area contributed by atoms with E-state index in [4.69, 9.17) is 4.74 Å². The van der Waals surface area contributed by atoms with Crippen molar-refractivity contribution in [2.75, 3.05) is 44.7 Å². The molecule has 0 spiro atoms. The van der Waals surface area contributed by atoms with E-state index in [9.17, 15) is 4.79 Å². The number of nitrogens with zero attached hydrogens (tertiary/aromatic N) is 3. The van der Waals surface area contributed by atoms with Crippen LogP contribution in [0.15, 0.2) is 23.3 Å². The van der Waals surface area contributed by atoms with E-state index < -0.39 is 0 Å². The fraction of sp³-hybridized carbons (Fsp3) is 0.500. The van der Waals surface area contributed by atoms with Gasteiger partial charge in [0.25, 0.3) is 5.56 Å². The Hall–Kier alpha value is -2.19. The van der Waals surface area contributed by atoms with Crippen LogP contribution >= 0.6 is 0 Å². The van der Waals surface area contributed by atoms with Crippen molar-refractivity contribution in [3.8, 4) is 11.3 Å². The lowest BCUT2D eigenvalue weighted by Gasteiger charge is -2.26. The van der Waals surface area contributed by atoms with Crippen LogP contribution in [0.4, 0.5) is 5.95 Å². The molecule has 3 rings (SSSR count). The van der Waals surface area contributed by atoms with Crippen LogP contribution in [0.25, 0.3) is 11.3 Å². The maximum atomic E-state index is 11.6. The Morgan fingerprint density at radius 1 is 1.36 bits per heavy atom. The van der Waals surface area contributed by atoms with Gasteiger partial charge in [-0.05, 0) is 19.0 Å². The summed E-state index contributed by atoms with van der Waals surface area (Å²) in [7, 11) is 0. The van der Waals surface area contributed by atoms with E-state index >= 15 is 0 Å². The zero-order valence-electron chi connectivity index (χ0n) is 12.3. The lowest BCUT2D eigenvalue weighted by molar-refractivity contribution is 0.0378. The Morgan fingerprint density at radius 3 is 3.00 bits per heavy atom. The molecule has 22 heavy (non-hydrogen) atoms. The van der Waals surface area contributed by atoms with Crippen LogP contribution in [-0.2, 0) is 4.74 Å². The minimum atomic E-state index is -0.183. The molecule has 0 aromatic carbocycles. The van der Waals surface area contributed by atoms with Crippen molar-refractivity contribution in [3.63, 3.8) is 0 Å². The fourth-order valence-electron chi connectivity index (χ4n) is 2.42. The van der Waals surface area contributed by atoms with Crippen molar-refractivity contribution in [2.45, 2.75) is 6.42 Å². The Bertz CT molecular complexity index is 647. The molecule has 0 saturated carbocycles. The molecule has 1 aliphatic heterocycles. The number of aromatic nitrogens is 4. The molecule has 3 heterocycles. The summed E-state index contributed by atoms with van der Waals surface area (Å²) in [6.45, 7) is 5.48. The number of H-pyrrole nitrogens is 2. The first kappa shape index (κ1) is 14.7. The molecular formula is C14H20N6O2. The predicted molar refractivity (Wildman–Crippen MR) is 82.8 cm³/mol. The molecule has 3 N–H and O–H groups in total. The molecule has 0 radical (unpaired) electrons. The molecule has 118 valence electrons. The molecule has 0 bridgehead atoms. The van der Waals surface area contributed by atoms with Gasteiger partial charge >= 0.3 is 0 Å². The summed E-state index contributed by atoms with van der Waals surface area (Å²) < 4.78 is 5.33. The van der Waals surface area contributed by atoms with Crippen LogP contribution in [0.2, 0.25) is 0 Å². The predicted octanol–water partition coefficient (Wildman–Crippen LogP) is 0.294. The summed E-state index contributed by atoms with van der Waals surface area (Å²) in [5.74, 6) is 0.542. The number of hydrogen-bond donors (Lipinski definition) is 3. The molecule has 8 nitrogen and oxygen atoms in total. The molecule has 2 aromatic heterocycles. The molecule has 1 fully saturated rings. The zero-order valence-corrected chi connectivity index (χ0v) is 12.3. The van der Waals surface area contributed by atoms with Gasteiger partial charge < -0.3 is 15.2 Å². The highest BCUT2D eigenvalue weighted by Gasteiger charge is 2.10. The van der Waals surface area contributed by atoms with E-state index in [1.54, 1.807) is 18.5 Å². The lowest BCUT2D eigenvalue weighted by Crippen LogP contribution is -2.37. The summed E-state index contributed by atoms with van der Waals surface area (Å²) in [5.41, 5.74) is 0.934. The fourth-order valence-corrected chi connectivity index (χ4v) is 2.42. The van der Waals surface area contributed by atoms with Gasteiger partial charge in [0.2, 0.25) is 5.95 Å². The summed E-state index contributed by atoms with van der Waals surface area (Å²) in [6.07, 6.45) is 4.27. The first-order chi connectivity index (χ1) is 10.8. The smallest absolute Gasteiger partial charge is 0.273 e. The van der Waals surface area contributed by atoms with Crippen LogP contribution < -0.4 is 10.9 Å². The quantitative estimate of drug-likeness (QED) is 0.664. The van der Waals surface area contributed by atoms with Gasteiger partial charge in [-0.2, -0.15) is 0 Å². The molecule has 0 atom stereocenters. The summed E-state index contributed by atoms with van der Waals surface area (Å²) in [4.78, 5) is 22.5. The molecule has 0 amide bonds. The summed E-state index contributed by atoms with van der Waals surface area (Å²) in [6, 6.07) is 1.72. The van der Waals surface area contributed by atoms with E-state index in [0.717, 1.165) is 45.8 Å². The summed E-state index contributed by atoms with van der Waals surface area (Å²) >= 11 is 0. The number of aromatic amines is 2. The number of rotatable bonds is 6. The van der Waals surface area contributed by atoms with Gasteiger partial charge in [-0.15, -0.1) is 0 Å². The highest BCUT2D eigenvalue weighted by atomic mass is 16.5. The zero-order chi connectivity index (χ0) is 15.2. The van der Waals surface area contributed by atoms with Gasteiger partial charge in [0.05, 0.1) is 24.5 Å². The van der Waals surface area contributed by atoms with Gasteiger partial charge in [-0.1, -0.05) is 0 Å². The number of morpholine rings is 1. The number of hydrogen-bond acceptors (Lipinski definition) is 6. The Labute approximate surface area is 127 Å². The summed E-state index contributed by atoms with van der Waals surface area (Å²) in [5, 5.41) is 8.37. The standard InChI is InChI=1S/C14H20N6O2/c21-13-11(10-17-19-13)12-2-4-16-14(18-12)15-3-1-5-20-6-8-22-9-7-20/h2,4,10H,1,3,5-9H2,(H,15,16,18)(H2,17,19,21). The van der Waals surface area contributed by atoms with Crippen molar-refractivity contribution < 1.29 is 4.74 Å². The molecule has 1 aliphatic rings. The van der Waals surface area contributed by atoms with E-state index in [1.807, 2.05) is 0 Å². The van der Waals surface area contributed by atoms with Crippen LogP contribution in [-0.4, -0.2) is 64.5 Å². The molecule has 0 unspecified atom stereocenters. The van der Waals surface area contributed by atoms with Crippen LogP contribution in [0.3, 0.4) is 0 Å². The van der Waals surface area contributed by atoms with E-state index in [0.29, 0.717) is 17.2 Å². The molecule has 1 saturated heterocycles. The third-order valence-corrected chi connectivity index (χ3v) is 3.62. The lowest BCUT2D eigenvalue weighted by atomic mass is 10.2. The molecule has 0 aliphatic carbocycles. The van der Waals surface area contributed by atoms with Gasteiger partial charge in [-0.25, -0.2) is 9.97 Å². The topological polar surface area (TPSA) is 98.9 Å². The van der Waals surface area contributed by atoms with Crippen molar-refractivity contribution in [1.29, 1.82) is 0 Å². The largest absolute Gasteiger partial charge is 0.379 e. The van der Waals surface area contributed by atoms with Crippen LogP contribution in [0.1, 0.15) is 6.42 Å². The third-order valence-electron chi connectivity index (χ3n) is 3.62. The van der Waals surface area contributed by atoms with Crippen molar-refractivity contribution in [3.05, 3.63) is 28.8 Å². The minimum absolute atomic E-state index is 0.183. The van der Waals surface area contributed by atoms with E-state index in [1.165, 1.54) is 0 Å². The van der Waals surface area contributed by atoms with Crippen molar-refractivity contribution >= 4 is 5.95 Å². The second-order valence-electron chi connectivity index (χ2n) is 5.16. The average Bonchev–Trinajstić information content (AvgIpc) is 2.99. The highest BCUT2D eigenvalue weighted by Crippen LogP contribution is 2.12. The van der Waals surface area contributed by atoms with Crippen LogP contribution in [0, 0.1) is 0 Å². The maximum absolute atomic E-state index is 11.6. The van der Waals surface area contributed by atoms with Crippen LogP contribution in [0.5, 0.6) is 0 Å². The van der Waals surface area contributed by atoms with Gasteiger partial charge in [0, 0.05) is 32.0 Å². The number of nitrogens with one attached hydrogen (secondary N) is 3. The Balaban J connectivity index is 1.50. The SMILES string of the molecule is O=c1[nH][nH]cc1-c1ccnc(NCCCN2CCOCC2)n1. The Morgan fingerprint density at radius 2 is 2.23 bits per heavy atom. The minimum Gasteiger partial charge on any atom is -0.379 e. The molecule has 8 heteroatoms. The van der Waals surface area contributed by atoms with E-state index in [-0.39, 0.29) is 5.56 Å². The molecular weight excluding hydrogens is 284 g/mol. The highest BCUT2D eigenvalue weighted by molar-refractivity contribution is 5.57. The monoisotopic (exact) mass is 304 g/mol. The van der Waals surface area contributed by atoms with Crippen molar-refractivity contribution in [1.82, 2.24) is 25.1 Å². The third kappa shape index (κ3) is 3.71. The number of ether oxygens (including phenoxy) is 1.